The standard InChI is InChI=1S/C10H10BrF2NO2/c1-3-16-10(15)8-7(11)6(9(12)13)5(2)4-14-8/h4,9H,3H2,1-2H3. The summed E-state index contributed by atoms with van der Waals surface area (Å²) in [5.41, 5.74) is -0.0178. The molecule has 0 fully saturated rings. The lowest BCUT2D eigenvalue weighted by atomic mass is 10.1. The number of ether oxygens (including phenoxy) is 1. The molecule has 0 spiro atoms. The van der Waals surface area contributed by atoms with E-state index in [0.29, 0.717) is 5.56 Å². The Hall–Kier alpha value is -1.04. The van der Waals surface area contributed by atoms with Crippen LogP contribution in [0.2, 0.25) is 0 Å². The molecule has 6 heteroatoms. The zero-order valence-electron chi connectivity index (χ0n) is 8.76. The summed E-state index contributed by atoms with van der Waals surface area (Å²) >= 11 is 2.96. The molecule has 0 unspecified atom stereocenters. The van der Waals surface area contributed by atoms with Gasteiger partial charge in [-0.3, -0.25) is 0 Å². The van der Waals surface area contributed by atoms with Gasteiger partial charge >= 0.3 is 5.97 Å². The van der Waals surface area contributed by atoms with E-state index < -0.39 is 12.4 Å². The van der Waals surface area contributed by atoms with Crippen LogP contribution in [0.3, 0.4) is 0 Å². The van der Waals surface area contributed by atoms with Crippen molar-refractivity contribution in [2.24, 2.45) is 0 Å². The maximum absolute atomic E-state index is 12.7. The van der Waals surface area contributed by atoms with Gasteiger partial charge in [0.15, 0.2) is 5.69 Å². The SMILES string of the molecule is CCOC(=O)c1ncc(C)c(C(F)F)c1Br. The summed E-state index contributed by atoms with van der Waals surface area (Å²) in [5.74, 6) is -0.712. The number of esters is 1. The molecule has 0 aliphatic heterocycles. The molecule has 1 heterocycles. The molecular weight excluding hydrogens is 284 g/mol. The van der Waals surface area contributed by atoms with Crippen LogP contribution in [0.25, 0.3) is 0 Å². The van der Waals surface area contributed by atoms with Crippen LogP contribution in [-0.2, 0) is 4.74 Å². The van der Waals surface area contributed by atoms with Crippen molar-refractivity contribution in [2.75, 3.05) is 6.61 Å². The molecule has 0 N–H and O–H groups in total. The molecule has 1 rings (SSSR count). The maximum Gasteiger partial charge on any atom is 0.358 e. The van der Waals surface area contributed by atoms with Crippen molar-refractivity contribution in [1.29, 1.82) is 0 Å². The highest BCUT2D eigenvalue weighted by Crippen LogP contribution is 2.32. The molecule has 0 aromatic carbocycles. The van der Waals surface area contributed by atoms with E-state index in [2.05, 4.69) is 20.9 Å². The minimum Gasteiger partial charge on any atom is -0.461 e. The van der Waals surface area contributed by atoms with Crippen molar-refractivity contribution >= 4 is 21.9 Å². The number of rotatable bonds is 3. The van der Waals surface area contributed by atoms with Crippen molar-refractivity contribution < 1.29 is 18.3 Å². The second-order valence-electron chi connectivity index (χ2n) is 3.04. The van der Waals surface area contributed by atoms with E-state index in [1.54, 1.807) is 6.92 Å². The average molecular weight is 294 g/mol. The summed E-state index contributed by atoms with van der Waals surface area (Å²) in [6.45, 7) is 3.31. The Morgan fingerprint density at radius 1 is 1.62 bits per heavy atom. The van der Waals surface area contributed by atoms with E-state index in [4.69, 9.17) is 4.74 Å². The second kappa shape index (κ2) is 5.34. The van der Waals surface area contributed by atoms with E-state index in [1.165, 1.54) is 13.1 Å². The van der Waals surface area contributed by atoms with Gasteiger partial charge in [0.1, 0.15) is 0 Å². The lowest BCUT2D eigenvalue weighted by molar-refractivity contribution is 0.0517. The summed E-state index contributed by atoms with van der Waals surface area (Å²) in [4.78, 5) is 15.2. The van der Waals surface area contributed by atoms with Crippen LogP contribution in [0.1, 0.15) is 35.0 Å². The number of pyridine rings is 1. The normalized spacial score (nSPS) is 10.6. The highest BCUT2D eigenvalue weighted by molar-refractivity contribution is 9.10. The van der Waals surface area contributed by atoms with Gasteiger partial charge in [-0.15, -0.1) is 0 Å². The molecule has 1 aromatic rings. The molecule has 16 heavy (non-hydrogen) atoms. The first-order valence-corrected chi connectivity index (χ1v) is 5.38. The van der Waals surface area contributed by atoms with Gasteiger partial charge in [-0.2, -0.15) is 0 Å². The third-order valence-electron chi connectivity index (χ3n) is 1.94. The number of carbonyl (C=O) groups excluding carboxylic acids is 1. The fraction of sp³-hybridized carbons (Fsp3) is 0.400. The molecule has 3 nitrogen and oxygen atoms in total. The summed E-state index contributed by atoms with van der Waals surface area (Å²) in [7, 11) is 0. The van der Waals surface area contributed by atoms with Gasteiger partial charge in [-0.1, -0.05) is 0 Å². The molecule has 88 valence electrons. The summed E-state index contributed by atoms with van der Waals surface area (Å²) in [6, 6.07) is 0. The van der Waals surface area contributed by atoms with Crippen LogP contribution in [0.4, 0.5) is 8.78 Å². The first kappa shape index (κ1) is 13.0. The molecule has 0 aliphatic carbocycles. The van der Waals surface area contributed by atoms with Crippen LogP contribution >= 0.6 is 15.9 Å². The Kier molecular flexibility index (Phi) is 4.35. The first-order valence-electron chi connectivity index (χ1n) is 4.59. The number of hydrogen-bond acceptors (Lipinski definition) is 3. The van der Waals surface area contributed by atoms with E-state index in [0.717, 1.165) is 0 Å². The van der Waals surface area contributed by atoms with Crippen LogP contribution in [0.15, 0.2) is 10.7 Å². The lowest BCUT2D eigenvalue weighted by Gasteiger charge is -2.10. The highest BCUT2D eigenvalue weighted by atomic mass is 79.9. The van der Waals surface area contributed by atoms with Crippen molar-refractivity contribution in [3.05, 3.63) is 27.5 Å². The molecular formula is C10H10BrF2NO2. The number of hydrogen-bond donors (Lipinski definition) is 0. The minimum absolute atomic E-state index is 0.000880. The minimum atomic E-state index is -2.66. The summed E-state index contributed by atoms with van der Waals surface area (Å²) in [5, 5.41) is 0. The number of carbonyl (C=O) groups is 1. The second-order valence-corrected chi connectivity index (χ2v) is 3.83. The third kappa shape index (κ3) is 2.55. The number of halogens is 3. The van der Waals surface area contributed by atoms with Crippen molar-refractivity contribution in [2.45, 2.75) is 20.3 Å². The fourth-order valence-corrected chi connectivity index (χ4v) is 1.95. The monoisotopic (exact) mass is 293 g/mol. The topological polar surface area (TPSA) is 39.2 Å². The smallest absolute Gasteiger partial charge is 0.358 e. The van der Waals surface area contributed by atoms with Crippen LogP contribution in [0, 0.1) is 6.92 Å². The Bertz CT molecular complexity index is 410. The first-order chi connectivity index (χ1) is 7.49. The largest absolute Gasteiger partial charge is 0.461 e. The highest BCUT2D eigenvalue weighted by Gasteiger charge is 2.22. The van der Waals surface area contributed by atoms with Crippen LogP contribution in [-0.4, -0.2) is 17.6 Å². The molecule has 0 amide bonds. The summed E-state index contributed by atoms with van der Waals surface area (Å²) in [6.07, 6.45) is -1.43. The van der Waals surface area contributed by atoms with E-state index >= 15 is 0 Å². The van der Waals surface area contributed by atoms with E-state index in [-0.39, 0.29) is 22.3 Å². The van der Waals surface area contributed by atoms with Gasteiger partial charge < -0.3 is 4.74 Å². The molecule has 0 aliphatic rings. The fourth-order valence-electron chi connectivity index (χ4n) is 1.20. The zero-order chi connectivity index (χ0) is 12.3. The van der Waals surface area contributed by atoms with Crippen molar-refractivity contribution in [3.63, 3.8) is 0 Å². The van der Waals surface area contributed by atoms with E-state index in [9.17, 15) is 13.6 Å². The Morgan fingerprint density at radius 2 is 2.25 bits per heavy atom. The number of nitrogens with zero attached hydrogens (tertiary/aromatic N) is 1. The van der Waals surface area contributed by atoms with Gasteiger partial charge in [0.2, 0.25) is 0 Å². The van der Waals surface area contributed by atoms with E-state index in [1.807, 2.05) is 0 Å². The zero-order valence-corrected chi connectivity index (χ0v) is 10.3. The molecule has 0 bridgehead atoms. The number of aromatic nitrogens is 1. The average Bonchev–Trinajstić information content (AvgIpc) is 2.17. The summed E-state index contributed by atoms with van der Waals surface area (Å²) < 4.78 is 30.1. The van der Waals surface area contributed by atoms with Gasteiger partial charge in [0, 0.05) is 11.8 Å². The molecule has 0 saturated carbocycles. The van der Waals surface area contributed by atoms with Crippen LogP contribution in [0.5, 0.6) is 0 Å². The van der Waals surface area contributed by atoms with Gasteiger partial charge in [0.25, 0.3) is 6.43 Å². The molecule has 0 atom stereocenters. The Morgan fingerprint density at radius 3 is 2.75 bits per heavy atom. The predicted octanol–water partition coefficient (Wildman–Crippen LogP) is 3.27. The quantitative estimate of drug-likeness (QED) is 0.803. The van der Waals surface area contributed by atoms with Gasteiger partial charge in [-0.25, -0.2) is 18.6 Å². The van der Waals surface area contributed by atoms with Crippen molar-refractivity contribution in [3.8, 4) is 0 Å². The number of aryl methyl sites for hydroxylation is 1. The Labute approximate surface area is 99.9 Å². The predicted molar refractivity (Wildman–Crippen MR) is 57.6 cm³/mol. The molecule has 1 aromatic heterocycles. The molecule has 0 radical (unpaired) electrons. The molecule has 0 saturated heterocycles. The maximum atomic E-state index is 12.7. The van der Waals surface area contributed by atoms with Gasteiger partial charge in [0.05, 0.1) is 11.1 Å². The van der Waals surface area contributed by atoms with Crippen LogP contribution < -0.4 is 0 Å². The van der Waals surface area contributed by atoms with Gasteiger partial charge in [-0.05, 0) is 35.3 Å². The van der Waals surface area contributed by atoms with Crippen molar-refractivity contribution in [1.82, 2.24) is 4.98 Å². The number of alkyl halides is 2. The Balaban J connectivity index is 3.23. The lowest BCUT2D eigenvalue weighted by Crippen LogP contribution is -2.10. The third-order valence-corrected chi connectivity index (χ3v) is 2.75.